The molecule has 0 aliphatic carbocycles. The fourth-order valence-corrected chi connectivity index (χ4v) is 6.78. The Morgan fingerprint density at radius 3 is 1.87 bits per heavy atom. The maximum Gasteiger partial charge on any atom is 0.516 e. The summed E-state index contributed by atoms with van der Waals surface area (Å²) in [4.78, 5) is 50.9. The van der Waals surface area contributed by atoms with Crippen LogP contribution in [0.25, 0.3) is 10.8 Å². The number of anilines is 4. The van der Waals surface area contributed by atoms with Crippen LogP contribution in [0.1, 0.15) is 54.7 Å². The van der Waals surface area contributed by atoms with Crippen LogP contribution in [0, 0.1) is 25.5 Å². The number of aromatic nitrogens is 1. The number of fused-ring (bicyclic) bond motifs is 1. The molecule has 6 aromatic carbocycles. The van der Waals surface area contributed by atoms with Crippen LogP contribution in [0.4, 0.5) is 57.9 Å². The summed E-state index contributed by atoms with van der Waals surface area (Å²) in [5.41, 5.74) is -5.06. The lowest BCUT2D eigenvalue weighted by atomic mass is 10.1. The van der Waals surface area contributed by atoms with Crippen molar-refractivity contribution in [1.29, 1.82) is 0 Å². The molecule has 1 aromatic heterocycles. The van der Waals surface area contributed by atoms with Crippen LogP contribution in [-0.2, 0) is 21.0 Å². The van der Waals surface area contributed by atoms with Gasteiger partial charge in [0.2, 0.25) is 11.8 Å². The van der Waals surface area contributed by atoms with Crippen molar-refractivity contribution in [3.63, 3.8) is 0 Å². The lowest BCUT2D eigenvalue weighted by Gasteiger charge is -2.15. The van der Waals surface area contributed by atoms with Crippen molar-refractivity contribution < 1.29 is 72.6 Å². The van der Waals surface area contributed by atoms with Gasteiger partial charge in [0, 0.05) is 35.9 Å². The van der Waals surface area contributed by atoms with Gasteiger partial charge in [-0.3, -0.25) is 19.1 Å². The lowest BCUT2D eigenvalue weighted by Crippen LogP contribution is -2.30. The molecule has 0 aliphatic heterocycles. The molecule has 0 radical (unpaired) electrons. The normalized spacial score (nSPS) is 11.2. The second-order valence-corrected chi connectivity index (χ2v) is 16.3. The molecule has 0 spiro atoms. The van der Waals surface area contributed by atoms with E-state index in [9.17, 15) is 67.8 Å². The maximum atomic E-state index is 13.7. The lowest BCUT2D eigenvalue weighted by molar-refractivity contribution is -0.137. The third kappa shape index (κ3) is 13.8. The largest absolute Gasteiger partial charge is 0.516 e. The molecule has 22 heteroatoms. The average molecular weight is 996 g/mol. The van der Waals surface area contributed by atoms with Gasteiger partial charge in [-0.25, -0.2) is 18.6 Å². The molecule has 0 saturated carbocycles. The number of alkyl halides is 6. The van der Waals surface area contributed by atoms with Crippen LogP contribution in [-0.4, -0.2) is 47.7 Å². The molecule has 0 aliphatic rings. The Bertz CT molecular complexity index is 3200. The van der Waals surface area contributed by atoms with Crippen molar-refractivity contribution in [2.45, 2.75) is 32.5 Å². The zero-order valence-corrected chi connectivity index (χ0v) is 37.3. The number of nitrogens with zero attached hydrogens (tertiary/aromatic N) is 1. The maximum absolute atomic E-state index is 13.7. The summed E-state index contributed by atoms with van der Waals surface area (Å²) < 4.78 is 131. The van der Waals surface area contributed by atoms with E-state index in [4.69, 9.17) is 4.74 Å². The minimum Gasteiger partial charge on any atom is -0.478 e. The first-order valence-electron chi connectivity index (χ1n) is 20.0. The van der Waals surface area contributed by atoms with Gasteiger partial charge in [0.05, 0.1) is 28.1 Å². The topological polar surface area (TPSA) is 193 Å². The highest BCUT2D eigenvalue weighted by atomic mass is 32.2. The van der Waals surface area contributed by atoms with Crippen LogP contribution < -0.4 is 25.4 Å². The number of benzene rings is 6. The van der Waals surface area contributed by atoms with Gasteiger partial charge in [-0.1, -0.05) is 60.7 Å². The van der Waals surface area contributed by atoms with Crippen LogP contribution in [0.5, 0.6) is 11.6 Å². The number of hydrogen-bond acceptors (Lipinski definition) is 8. The molecule has 0 bridgehead atoms. The molecule has 0 atom stereocenters. The number of rotatable bonds is 10. The van der Waals surface area contributed by atoms with E-state index in [-0.39, 0.29) is 45.4 Å². The van der Waals surface area contributed by atoms with Crippen molar-refractivity contribution in [3.8, 4) is 11.6 Å². The molecule has 7 aromatic rings. The molecule has 70 heavy (non-hydrogen) atoms. The van der Waals surface area contributed by atoms with Gasteiger partial charge in [-0.2, -0.15) is 34.8 Å². The number of ether oxygens (including phenoxy) is 1. The fourth-order valence-electron chi connectivity index (χ4n) is 6.15. The zero-order chi connectivity index (χ0) is 51.6. The minimum atomic E-state index is -5.49. The zero-order valence-electron chi connectivity index (χ0n) is 36.5. The number of aromatic carboxylic acids is 1. The number of carbonyl (C=O) groups is 4. The Morgan fingerprint density at radius 1 is 0.614 bits per heavy atom. The highest BCUT2D eigenvalue weighted by molar-refractivity contribution is 7.93. The van der Waals surface area contributed by atoms with Gasteiger partial charge < -0.3 is 25.8 Å². The molecule has 0 saturated heterocycles. The third-order valence-corrected chi connectivity index (χ3v) is 10.5. The van der Waals surface area contributed by atoms with E-state index in [0.29, 0.717) is 22.9 Å². The number of carboxylic acid groups (broad SMARTS) is 1. The van der Waals surface area contributed by atoms with Crippen LogP contribution in [0.3, 0.4) is 0 Å². The summed E-state index contributed by atoms with van der Waals surface area (Å²) >= 11 is 0. The minimum absolute atomic E-state index is 0.0137. The second kappa shape index (κ2) is 22.1. The highest BCUT2D eigenvalue weighted by Gasteiger charge is 2.46. The van der Waals surface area contributed by atoms with E-state index < -0.39 is 62.6 Å². The quantitative estimate of drug-likeness (QED) is 0.0829. The Morgan fingerprint density at radius 2 is 1.21 bits per heavy atom. The summed E-state index contributed by atoms with van der Waals surface area (Å²) in [6.07, 6.45) is -3.29. The predicted molar refractivity (Wildman–Crippen MR) is 244 cm³/mol. The number of halogens is 8. The van der Waals surface area contributed by atoms with Gasteiger partial charge in [0.15, 0.2) is 0 Å². The molecule has 13 nitrogen and oxygen atoms in total. The summed E-state index contributed by atoms with van der Waals surface area (Å²) in [6.45, 7) is 4.33. The van der Waals surface area contributed by atoms with Crippen molar-refractivity contribution in [3.05, 3.63) is 185 Å². The first kappa shape index (κ1) is 52.6. The third-order valence-electron chi connectivity index (χ3n) is 9.44. The molecule has 0 unspecified atom stereocenters. The smallest absolute Gasteiger partial charge is 0.478 e. The predicted octanol–water partition coefficient (Wildman–Crippen LogP) is 11.7. The van der Waals surface area contributed by atoms with Crippen molar-refractivity contribution in [2.75, 3.05) is 20.7 Å². The molecule has 7 rings (SSSR count). The summed E-state index contributed by atoms with van der Waals surface area (Å²) in [7, 11) is -5.49. The molecule has 3 amide bonds. The van der Waals surface area contributed by atoms with Crippen LogP contribution in [0.2, 0.25) is 0 Å². The van der Waals surface area contributed by atoms with E-state index in [1.807, 2.05) is 36.4 Å². The Kier molecular flexibility index (Phi) is 16.6. The summed E-state index contributed by atoms with van der Waals surface area (Å²) in [6, 6.07) is 31.4. The second-order valence-electron chi connectivity index (χ2n) is 14.6. The van der Waals surface area contributed by atoms with E-state index in [1.54, 1.807) is 25.1 Å². The Hall–Kier alpha value is -8.40. The molecular weight excluding hydrogens is 959 g/mol. The number of aryl methyl sites for hydroxylation is 2. The summed E-state index contributed by atoms with van der Waals surface area (Å²) in [5.74, 6) is -5.07. The highest BCUT2D eigenvalue weighted by Crippen LogP contribution is 2.34. The molecular formula is C48H37F8N5O8S. The number of sulfonamides is 1. The molecule has 0 fully saturated rings. The van der Waals surface area contributed by atoms with Crippen molar-refractivity contribution >= 4 is 67.2 Å². The first-order chi connectivity index (χ1) is 32.8. The van der Waals surface area contributed by atoms with Crippen molar-refractivity contribution in [1.82, 2.24) is 4.98 Å². The van der Waals surface area contributed by atoms with Crippen molar-refractivity contribution in [2.24, 2.45) is 0 Å². The van der Waals surface area contributed by atoms with Gasteiger partial charge >= 0.3 is 27.7 Å². The molecule has 5 N–H and O–H groups in total. The van der Waals surface area contributed by atoms with E-state index in [2.05, 4.69) is 20.9 Å². The number of carboxylic acids is 1. The fraction of sp³-hybridized carbons (Fsp3) is 0.104. The number of nitrogens with one attached hydrogen (secondary N) is 4. The van der Waals surface area contributed by atoms with E-state index >= 15 is 0 Å². The average Bonchev–Trinajstić information content (AvgIpc) is 3.29. The summed E-state index contributed by atoms with van der Waals surface area (Å²) in [5, 5.41) is 18.5. The van der Waals surface area contributed by atoms with Gasteiger partial charge in [-0.05, 0) is 97.1 Å². The number of hydrogen-bond donors (Lipinski definition) is 5. The van der Waals surface area contributed by atoms with Gasteiger partial charge in [-0.15, -0.1) is 0 Å². The number of pyridine rings is 1. The molecule has 1 heterocycles. The Balaban J connectivity index is 0.000000199. The first-order valence-corrected chi connectivity index (χ1v) is 21.5. The molecule has 364 valence electrons. The number of carbonyl (C=O) groups excluding carboxylic acids is 3. The SMILES string of the molecule is CC(=O)Nc1cc(NS(=O)(=O)C(F)(F)F)c(C)cc1C.O=C(Nc1ccc(F)cc1F)c1cccnc1Oc1cccc(C(F)(F)F)c1.O=C(O)c1ccccc1C(=O)Nc1cccc2ccccc12. The standard InChI is InChI=1S/C19H11F5N2O2.C18H13NO3.C11H13F3N2O3S/c20-12-6-7-16(15(21)10-12)26-17(27)14-5-2-8-25-18(14)28-13-4-1-3-11(9-13)19(22,23)24;20-17(14-9-3-4-10-15(14)18(21)22)19-16-11-5-7-12-6-1-2-8-13(12)16;1-6-4-7(2)10(5-9(6)15-8(3)17)16-20(18,19)11(12,13)14/h1-10H,(H,26,27);1-11H,(H,19,20)(H,21,22);4-5,16H,1-3H3,(H,15,17). The van der Waals surface area contributed by atoms with Gasteiger partial charge in [0.25, 0.3) is 11.8 Å². The Labute approximate surface area is 393 Å². The monoisotopic (exact) mass is 995 g/mol. The van der Waals surface area contributed by atoms with Crippen LogP contribution >= 0.6 is 0 Å². The van der Waals surface area contributed by atoms with Crippen LogP contribution in [0.15, 0.2) is 140 Å². The van der Waals surface area contributed by atoms with Gasteiger partial charge in [0.1, 0.15) is 22.9 Å². The number of amides is 3. The van der Waals surface area contributed by atoms with E-state index in [1.165, 1.54) is 61.2 Å². The van der Waals surface area contributed by atoms with E-state index in [0.717, 1.165) is 47.2 Å².